The van der Waals surface area contributed by atoms with E-state index in [1.807, 2.05) is 6.92 Å². The number of methoxy groups -OCH3 is 1. The molecule has 0 radical (unpaired) electrons. The molecule has 0 saturated carbocycles. The van der Waals surface area contributed by atoms with E-state index in [9.17, 15) is 14.0 Å². The summed E-state index contributed by atoms with van der Waals surface area (Å²) in [4.78, 5) is 34.2. The van der Waals surface area contributed by atoms with Gasteiger partial charge >= 0.3 is 0 Å². The van der Waals surface area contributed by atoms with E-state index < -0.39 is 5.91 Å². The highest BCUT2D eigenvalue weighted by Crippen LogP contribution is 2.24. The van der Waals surface area contributed by atoms with Crippen LogP contribution in [0, 0.1) is 12.7 Å². The maximum Gasteiger partial charge on any atom is 0.259 e. The van der Waals surface area contributed by atoms with Crippen molar-refractivity contribution in [1.82, 2.24) is 9.97 Å². The molecular formula is C27H22FN3O3. The lowest BCUT2D eigenvalue weighted by Gasteiger charge is -2.11. The Morgan fingerprint density at radius 2 is 1.82 bits per heavy atom. The molecule has 0 aliphatic carbocycles. The number of nitrogens with one attached hydrogen (secondary N) is 1. The summed E-state index contributed by atoms with van der Waals surface area (Å²) in [6.45, 7) is 1.88. The van der Waals surface area contributed by atoms with Crippen molar-refractivity contribution in [2.24, 2.45) is 0 Å². The largest absolute Gasteiger partial charge is 0.496 e. The van der Waals surface area contributed by atoms with Gasteiger partial charge in [-0.15, -0.1) is 0 Å². The topological polar surface area (TPSA) is 81.2 Å². The molecule has 4 aromatic rings. The third kappa shape index (κ3) is 5.15. The minimum absolute atomic E-state index is 0.0831. The van der Waals surface area contributed by atoms with Crippen molar-refractivity contribution >= 4 is 17.4 Å². The number of aromatic nitrogens is 2. The first kappa shape index (κ1) is 22.8. The van der Waals surface area contributed by atoms with Crippen LogP contribution in [0.15, 0.2) is 79.3 Å². The monoisotopic (exact) mass is 455 g/mol. The van der Waals surface area contributed by atoms with Gasteiger partial charge in [-0.1, -0.05) is 18.2 Å². The third-order valence-corrected chi connectivity index (χ3v) is 5.24. The molecule has 34 heavy (non-hydrogen) atoms. The van der Waals surface area contributed by atoms with Gasteiger partial charge in [0.2, 0.25) is 0 Å². The SMILES string of the molecule is COc1ccc(C(=O)Cc2ccc(-c3ccccc3F)nc2)cc1C(=O)Nc1cncc(C)c1. The summed E-state index contributed by atoms with van der Waals surface area (Å²) >= 11 is 0. The molecule has 1 N–H and O–H groups in total. The van der Waals surface area contributed by atoms with Gasteiger partial charge in [-0.2, -0.15) is 0 Å². The van der Waals surface area contributed by atoms with Gasteiger partial charge < -0.3 is 10.1 Å². The zero-order valence-corrected chi connectivity index (χ0v) is 18.7. The number of rotatable bonds is 7. The van der Waals surface area contributed by atoms with Crippen molar-refractivity contribution in [3.05, 3.63) is 107 Å². The second kappa shape index (κ2) is 10.0. The molecule has 0 saturated heterocycles. The van der Waals surface area contributed by atoms with E-state index in [0.717, 1.165) is 5.56 Å². The van der Waals surface area contributed by atoms with Gasteiger partial charge in [0, 0.05) is 29.9 Å². The summed E-state index contributed by atoms with van der Waals surface area (Å²) in [5.74, 6) is -0.598. The Morgan fingerprint density at radius 1 is 1.00 bits per heavy atom. The van der Waals surface area contributed by atoms with E-state index in [1.54, 1.807) is 67.1 Å². The Morgan fingerprint density at radius 3 is 2.53 bits per heavy atom. The third-order valence-electron chi connectivity index (χ3n) is 5.24. The van der Waals surface area contributed by atoms with Crippen LogP contribution in [-0.2, 0) is 6.42 Å². The van der Waals surface area contributed by atoms with E-state index in [2.05, 4.69) is 15.3 Å². The number of carbonyl (C=O) groups is 2. The van der Waals surface area contributed by atoms with Gasteiger partial charge in [0.1, 0.15) is 11.6 Å². The standard InChI is InChI=1S/C27H22FN3O3/c1-17-11-20(16-29-14-17)31-27(33)22-13-19(8-10-26(22)34-2)25(32)12-18-7-9-24(30-15-18)21-5-3-4-6-23(21)28/h3-11,13-16H,12H2,1-2H3,(H,31,33). The van der Waals surface area contributed by atoms with Crippen LogP contribution in [0.1, 0.15) is 31.8 Å². The van der Waals surface area contributed by atoms with Crippen LogP contribution >= 0.6 is 0 Å². The number of nitrogens with zero attached hydrogens (tertiary/aromatic N) is 2. The molecule has 4 rings (SSSR count). The van der Waals surface area contributed by atoms with E-state index in [0.29, 0.717) is 33.8 Å². The number of amides is 1. The summed E-state index contributed by atoms with van der Waals surface area (Å²) in [6, 6.07) is 16.3. The van der Waals surface area contributed by atoms with E-state index in [4.69, 9.17) is 4.74 Å². The normalized spacial score (nSPS) is 10.6. The number of Topliss-reactive ketones (excluding diaryl/α,β-unsaturated/α-hetero) is 1. The fraction of sp³-hybridized carbons (Fsp3) is 0.111. The highest BCUT2D eigenvalue weighted by Gasteiger charge is 2.17. The van der Waals surface area contributed by atoms with Crippen LogP contribution < -0.4 is 10.1 Å². The lowest BCUT2D eigenvalue weighted by atomic mass is 10.0. The first-order chi connectivity index (χ1) is 16.4. The molecular weight excluding hydrogens is 433 g/mol. The maximum absolute atomic E-state index is 14.0. The zero-order valence-electron chi connectivity index (χ0n) is 18.7. The minimum Gasteiger partial charge on any atom is -0.496 e. The number of ketones is 1. The molecule has 2 aromatic carbocycles. The average molecular weight is 455 g/mol. The van der Waals surface area contributed by atoms with Crippen LogP contribution in [-0.4, -0.2) is 28.8 Å². The first-order valence-corrected chi connectivity index (χ1v) is 10.6. The molecule has 170 valence electrons. The van der Waals surface area contributed by atoms with Crippen molar-refractivity contribution in [1.29, 1.82) is 0 Å². The molecule has 6 nitrogen and oxygen atoms in total. The van der Waals surface area contributed by atoms with Crippen LogP contribution in [0.2, 0.25) is 0 Å². The number of hydrogen-bond acceptors (Lipinski definition) is 5. The number of pyridine rings is 2. The molecule has 2 heterocycles. The smallest absolute Gasteiger partial charge is 0.259 e. The molecule has 0 atom stereocenters. The molecule has 0 aliphatic heterocycles. The van der Waals surface area contributed by atoms with Gasteiger partial charge in [-0.05, 0) is 60.5 Å². The number of ether oxygens (including phenoxy) is 1. The van der Waals surface area contributed by atoms with Crippen molar-refractivity contribution in [2.75, 3.05) is 12.4 Å². The lowest BCUT2D eigenvalue weighted by Crippen LogP contribution is -2.15. The predicted octanol–water partition coefficient (Wildman–Crippen LogP) is 5.28. The number of anilines is 1. The second-order valence-electron chi connectivity index (χ2n) is 7.75. The molecule has 0 spiro atoms. The molecule has 1 amide bonds. The Hall–Kier alpha value is -4.39. The van der Waals surface area contributed by atoms with E-state index in [-0.39, 0.29) is 23.6 Å². The Labute approximate surface area is 196 Å². The summed E-state index contributed by atoms with van der Waals surface area (Å²) in [7, 11) is 1.46. The molecule has 0 bridgehead atoms. The highest BCUT2D eigenvalue weighted by molar-refractivity contribution is 6.08. The van der Waals surface area contributed by atoms with E-state index >= 15 is 0 Å². The number of halogens is 1. The molecule has 0 unspecified atom stereocenters. The van der Waals surface area contributed by atoms with Crippen molar-refractivity contribution in [3.8, 4) is 17.0 Å². The number of hydrogen-bond donors (Lipinski definition) is 1. The Kier molecular flexibility index (Phi) is 6.73. The fourth-order valence-corrected chi connectivity index (χ4v) is 3.53. The van der Waals surface area contributed by atoms with Crippen molar-refractivity contribution in [2.45, 2.75) is 13.3 Å². The lowest BCUT2D eigenvalue weighted by molar-refractivity contribution is 0.0993. The van der Waals surface area contributed by atoms with Crippen LogP contribution in [0.3, 0.4) is 0 Å². The minimum atomic E-state index is -0.408. The maximum atomic E-state index is 14.0. The van der Waals surface area contributed by atoms with Gasteiger partial charge in [0.25, 0.3) is 5.91 Å². The average Bonchev–Trinajstić information content (AvgIpc) is 2.84. The quantitative estimate of drug-likeness (QED) is 0.384. The second-order valence-corrected chi connectivity index (χ2v) is 7.75. The number of carbonyl (C=O) groups excluding carboxylic acids is 2. The van der Waals surface area contributed by atoms with Crippen molar-refractivity contribution in [3.63, 3.8) is 0 Å². The fourth-order valence-electron chi connectivity index (χ4n) is 3.53. The van der Waals surface area contributed by atoms with Gasteiger partial charge in [-0.3, -0.25) is 19.6 Å². The Balaban J connectivity index is 1.52. The molecule has 2 aromatic heterocycles. The molecule has 0 fully saturated rings. The van der Waals surface area contributed by atoms with Crippen LogP contribution in [0.5, 0.6) is 5.75 Å². The number of aryl methyl sites for hydroxylation is 1. The zero-order chi connectivity index (χ0) is 24.1. The van der Waals surface area contributed by atoms with Crippen LogP contribution in [0.4, 0.5) is 10.1 Å². The van der Waals surface area contributed by atoms with Crippen molar-refractivity contribution < 1.29 is 18.7 Å². The Bertz CT molecular complexity index is 1350. The van der Waals surface area contributed by atoms with Gasteiger partial charge in [-0.25, -0.2) is 4.39 Å². The van der Waals surface area contributed by atoms with Gasteiger partial charge in [0.05, 0.1) is 30.3 Å². The molecule has 0 aliphatic rings. The summed E-state index contributed by atoms with van der Waals surface area (Å²) in [5, 5.41) is 2.78. The van der Waals surface area contributed by atoms with E-state index in [1.165, 1.54) is 19.2 Å². The highest BCUT2D eigenvalue weighted by atomic mass is 19.1. The van der Waals surface area contributed by atoms with Crippen LogP contribution in [0.25, 0.3) is 11.3 Å². The predicted molar refractivity (Wildman–Crippen MR) is 128 cm³/mol. The number of benzene rings is 2. The summed E-state index contributed by atoms with van der Waals surface area (Å²) < 4.78 is 19.3. The summed E-state index contributed by atoms with van der Waals surface area (Å²) in [5.41, 5.74) is 3.62. The van der Waals surface area contributed by atoms with Gasteiger partial charge in [0.15, 0.2) is 5.78 Å². The molecule has 7 heteroatoms. The summed E-state index contributed by atoms with van der Waals surface area (Å²) in [6.07, 6.45) is 4.87. The first-order valence-electron chi connectivity index (χ1n) is 10.6.